The molecule has 0 spiro atoms. The van der Waals surface area contributed by atoms with Gasteiger partial charge in [-0.05, 0) is 48.2 Å². The highest BCUT2D eigenvalue weighted by Gasteiger charge is 2.20. The van der Waals surface area contributed by atoms with E-state index in [1.54, 1.807) is 30.3 Å². The summed E-state index contributed by atoms with van der Waals surface area (Å²) >= 11 is 1.08. The Morgan fingerprint density at radius 3 is 2.65 bits per heavy atom. The molecule has 26 heavy (non-hydrogen) atoms. The highest BCUT2D eigenvalue weighted by molar-refractivity contribution is 8.18. The number of carbonyl (C=O) groups is 2. The molecular formula is C18H14FN3O3S. The van der Waals surface area contributed by atoms with E-state index in [2.05, 4.69) is 10.3 Å². The predicted molar refractivity (Wildman–Crippen MR) is 99.2 cm³/mol. The molecule has 2 aromatic rings. The number of amidine groups is 1. The lowest BCUT2D eigenvalue weighted by molar-refractivity contribution is -0.118. The van der Waals surface area contributed by atoms with Gasteiger partial charge in [0, 0.05) is 11.3 Å². The summed E-state index contributed by atoms with van der Waals surface area (Å²) in [6.07, 6.45) is 1.61. The normalized spacial score (nSPS) is 15.0. The second kappa shape index (κ2) is 7.83. The first-order chi connectivity index (χ1) is 12.5. The molecule has 0 radical (unpaired) electrons. The van der Waals surface area contributed by atoms with Crippen LogP contribution in [0, 0.1) is 5.82 Å². The zero-order valence-electron chi connectivity index (χ0n) is 13.4. The van der Waals surface area contributed by atoms with Crippen LogP contribution in [0.5, 0.6) is 5.75 Å². The molecule has 1 aliphatic rings. The van der Waals surface area contributed by atoms with Gasteiger partial charge in [-0.3, -0.25) is 9.59 Å². The van der Waals surface area contributed by atoms with E-state index in [4.69, 9.17) is 10.5 Å². The number of amides is 2. The van der Waals surface area contributed by atoms with Crippen molar-refractivity contribution < 1.29 is 18.7 Å². The Morgan fingerprint density at radius 2 is 1.96 bits per heavy atom. The lowest BCUT2D eigenvalue weighted by Gasteiger charge is -2.10. The summed E-state index contributed by atoms with van der Waals surface area (Å²) in [6.45, 7) is -0.239. The van der Waals surface area contributed by atoms with Crippen molar-refractivity contribution in [3.8, 4) is 5.75 Å². The number of nitrogens with zero attached hydrogens (tertiary/aromatic N) is 1. The first-order valence-electron chi connectivity index (χ1n) is 7.56. The molecule has 0 aromatic heterocycles. The van der Waals surface area contributed by atoms with Gasteiger partial charge in [-0.1, -0.05) is 18.2 Å². The Bertz CT molecular complexity index is 910. The Hall–Kier alpha value is -3.13. The molecule has 6 nitrogen and oxygen atoms in total. The second-order valence-electron chi connectivity index (χ2n) is 5.25. The topological polar surface area (TPSA) is 93.8 Å². The molecule has 2 amide bonds. The summed E-state index contributed by atoms with van der Waals surface area (Å²) in [5.41, 5.74) is 6.63. The van der Waals surface area contributed by atoms with Crippen LogP contribution in [-0.4, -0.2) is 23.6 Å². The number of thioether (sulfide) groups is 1. The zero-order valence-corrected chi connectivity index (χ0v) is 14.3. The van der Waals surface area contributed by atoms with Crippen LogP contribution in [0.15, 0.2) is 58.4 Å². The van der Waals surface area contributed by atoms with Crippen molar-refractivity contribution in [3.05, 3.63) is 64.8 Å². The Labute approximate surface area is 152 Å². The number of hydrogen-bond acceptors (Lipinski definition) is 5. The minimum absolute atomic E-state index is 0.193. The molecule has 0 fully saturated rings. The van der Waals surface area contributed by atoms with Crippen LogP contribution in [0.2, 0.25) is 0 Å². The van der Waals surface area contributed by atoms with Crippen LogP contribution >= 0.6 is 11.8 Å². The van der Waals surface area contributed by atoms with Gasteiger partial charge in [0.1, 0.15) is 11.6 Å². The molecule has 2 aromatic carbocycles. The van der Waals surface area contributed by atoms with Crippen LogP contribution in [0.3, 0.4) is 0 Å². The van der Waals surface area contributed by atoms with Crippen LogP contribution in [0.1, 0.15) is 5.56 Å². The van der Waals surface area contributed by atoms with E-state index in [1.165, 1.54) is 24.3 Å². The third kappa shape index (κ3) is 4.48. The largest absolute Gasteiger partial charge is 0.483 e. The number of benzene rings is 2. The van der Waals surface area contributed by atoms with E-state index >= 15 is 0 Å². The Kier molecular flexibility index (Phi) is 5.33. The van der Waals surface area contributed by atoms with Crippen LogP contribution in [0.4, 0.5) is 10.1 Å². The number of hydrogen-bond donors (Lipinski definition) is 2. The smallest absolute Gasteiger partial charge is 0.286 e. The average Bonchev–Trinajstić information content (AvgIpc) is 2.93. The van der Waals surface area contributed by atoms with E-state index in [9.17, 15) is 14.0 Å². The maximum absolute atomic E-state index is 12.9. The molecule has 1 aliphatic heterocycles. The molecule has 132 valence electrons. The fraction of sp³-hybridized carbons (Fsp3) is 0.0556. The third-order valence-electron chi connectivity index (χ3n) is 3.33. The SMILES string of the molecule is NC1=NC(=O)/C(=C\c2ccccc2OCC(=O)Nc2ccc(F)cc2)S1. The summed E-state index contributed by atoms with van der Waals surface area (Å²) in [4.78, 5) is 27.7. The number of aliphatic imine (C=N–C) groups is 1. The summed E-state index contributed by atoms with van der Waals surface area (Å²) in [5.74, 6) is -0.743. The minimum Gasteiger partial charge on any atom is -0.483 e. The molecule has 1 heterocycles. The van der Waals surface area contributed by atoms with E-state index in [1.807, 2.05) is 0 Å². The lowest BCUT2D eigenvalue weighted by Crippen LogP contribution is -2.20. The summed E-state index contributed by atoms with van der Waals surface area (Å²) in [5, 5.41) is 2.80. The summed E-state index contributed by atoms with van der Waals surface area (Å²) in [7, 11) is 0. The van der Waals surface area contributed by atoms with E-state index in [0.717, 1.165) is 11.8 Å². The molecule has 8 heteroatoms. The van der Waals surface area contributed by atoms with E-state index < -0.39 is 11.8 Å². The molecule has 0 saturated carbocycles. The van der Waals surface area contributed by atoms with Gasteiger partial charge in [0.15, 0.2) is 11.8 Å². The predicted octanol–water partition coefficient (Wildman–Crippen LogP) is 2.77. The zero-order chi connectivity index (χ0) is 18.5. The Morgan fingerprint density at radius 1 is 1.23 bits per heavy atom. The second-order valence-corrected chi connectivity index (χ2v) is 6.31. The van der Waals surface area contributed by atoms with Crippen molar-refractivity contribution in [1.29, 1.82) is 0 Å². The van der Waals surface area contributed by atoms with Gasteiger partial charge in [-0.2, -0.15) is 4.99 Å². The number of carbonyl (C=O) groups excluding carboxylic acids is 2. The maximum Gasteiger partial charge on any atom is 0.286 e. The quantitative estimate of drug-likeness (QED) is 0.788. The van der Waals surface area contributed by atoms with Crippen LogP contribution in [-0.2, 0) is 9.59 Å². The number of halogens is 1. The van der Waals surface area contributed by atoms with Crippen molar-refractivity contribution in [2.45, 2.75) is 0 Å². The molecule has 3 rings (SSSR count). The van der Waals surface area contributed by atoms with Gasteiger partial charge < -0.3 is 15.8 Å². The van der Waals surface area contributed by atoms with Gasteiger partial charge in [-0.25, -0.2) is 4.39 Å². The first kappa shape index (κ1) is 17.7. The molecule has 0 atom stereocenters. The highest BCUT2D eigenvalue weighted by atomic mass is 32.2. The molecule has 0 bridgehead atoms. The van der Waals surface area contributed by atoms with Gasteiger partial charge in [0.05, 0.1) is 4.91 Å². The van der Waals surface area contributed by atoms with E-state index in [-0.39, 0.29) is 17.6 Å². The maximum atomic E-state index is 12.9. The number of anilines is 1. The summed E-state index contributed by atoms with van der Waals surface area (Å²) < 4.78 is 18.4. The summed E-state index contributed by atoms with van der Waals surface area (Å²) in [6, 6.07) is 12.4. The highest BCUT2D eigenvalue weighted by Crippen LogP contribution is 2.29. The minimum atomic E-state index is -0.406. The van der Waals surface area contributed by atoms with Crippen molar-refractivity contribution in [2.75, 3.05) is 11.9 Å². The van der Waals surface area contributed by atoms with E-state index in [0.29, 0.717) is 21.9 Å². The fourth-order valence-electron chi connectivity index (χ4n) is 2.17. The van der Waals surface area contributed by atoms with Crippen molar-refractivity contribution in [2.24, 2.45) is 10.7 Å². The van der Waals surface area contributed by atoms with Gasteiger partial charge >= 0.3 is 0 Å². The fourth-order valence-corrected chi connectivity index (χ4v) is 2.84. The number of rotatable bonds is 5. The van der Waals surface area contributed by atoms with Gasteiger partial charge in [-0.15, -0.1) is 0 Å². The molecule has 0 unspecified atom stereocenters. The lowest BCUT2D eigenvalue weighted by atomic mass is 10.2. The number of nitrogens with two attached hydrogens (primary N) is 1. The first-order valence-corrected chi connectivity index (χ1v) is 8.38. The average molecular weight is 371 g/mol. The van der Waals surface area contributed by atoms with Crippen molar-refractivity contribution >= 4 is 40.5 Å². The number of ether oxygens (including phenoxy) is 1. The van der Waals surface area contributed by atoms with Crippen LogP contribution < -0.4 is 15.8 Å². The molecular weight excluding hydrogens is 357 g/mol. The molecule has 3 N–H and O–H groups in total. The number of para-hydroxylation sites is 1. The standard InChI is InChI=1S/C18H14FN3O3S/c19-12-5-7-13(8-6-12)21-16(23)10-25-14-4-2-1-3-11(14)9-15-17(24)22-18(20)26-15/h1-9H,10H2,(H,21,23)(H2,20,22,24)/b15-9+. The van der Waals surface area contributed by atoms with Crippen LogP contribution in [0.25, 0.3) is 6.08 Å². The van der Waals surface area contributed by atoms with Gasteiger partial charge in [0.25, 0.3) is 11.8 Å². The van der Waals surface area contributed by atoms with Crippen molar-refractivity contribution in [3.63, 3.8) is 0 Å². The third-order valence-corrected chi connectivity index (χ3v) is 4.14. The van der Waals surface area contributed by atoms with Gasteiger partial charge in [0.2, 0.25) is 0 Å². The molecule has 0 saturated heterocycles. The Balaban J connectivity index is 1.65. The van der Waals surface area contributed by atoms with Crippen molar-refractivity contribution in [1.82, 2.24) is 0 Å². The molecule has 0 aliphatic carbocycles. The number of nitrogens with one attached hydrogen (secondary N) is 1. The monoisotopic (exact) mass is 371 g/mol.